The van der Waals surface area contributed by atoms with Gasteiger partial charge in [-0.1, -0.05) is 23.7 Å². The molecule has 1 aromatic carbocycles. The Kier molecular flexibility index (Phi) is 4.68. The predicted octanol–water partition coefficient (Wildman–Crippen LogP) is 2.48. The Bertz CT molecular complexity index is 842. The first-order valence-corrected chi connectivity index (χ1v) is 9.00. The minimum Gasteiger partial charge on any atom is -0.371 e. The number of hydrogen-bond acceptors (Lipinski definition) is 4. The van der Waals surface area contributed by atoms with Gasteiger partial charge in [-0.15, -0.1) is 0 Å². The van der Waals surface area contributed by atoms with Crippen molar-refractivity contribution in [3.8, 4) is 6.07 Å². The first-order chi connectivity index (χ1) is 12.6. The number of H-pyrrole nitrogens is 1. The normalized spacial score (nSPS) is 25.5. The van der Waals surface area contributed by atoms with E-state index >= 15 is 0 Å². The zero-order valence-corrected chi connectivity index (χ0v) is 14.9. The second-order valence-corrected chi connectivity index (χ2v) is 7.24. The van der Waals surface area contributed by atoms with Crippen LogP contribution in [0.2, 0.25) is 5.02 Å². The van der Waals surface area contributed by atoms with Crippen molar-refractivity contribution in [2.45, 2.75) is 24.6 Å². The molecule has 0 unspecified atom stereocenters. The van der Waals surface area contributed by atoms with Crippen LogP contribution in [0.15, 0.2) is 36.5 Å². The van der Waals surface area contributed by atoms with Gasteiger partial charge in [0, 0.05) is 36.4 Å². The van der Waals surface area contributed by atoms with Crippen molar-refractivity contribution < 1.29 is 9.53 Å². The molecule has 3 heterocycles. The molecule has 2 N–H and O–H groups in total. The number of nitrogens with zero attached hydrogens (tertiary/aromatic N) is 2. The van der Waals surface area contributed by atoms with Crippen LogP contribution < -0.4 is 5.32 Å². The van der Waals surface area contributed by atoms with Gasteiger partial charge in [0.25, 0.3) is 5.91 Å². The summed E-state index contributed by atoms with van der Waals surface area (Å²) in [5.74, 6) is -0.175. The summed E-state index contributed by atoms with van der Waals surface area (Å²) in [6.45, 7) is 2.26. The maximum Gasteiger partial charge on any atom is 0.267 e. The molecule has 0 bridgehead atoms. The molecule has 26 heavy (non-hydrogen) atoms. The van der Waals surface area contributed by atoms with Crippen molar-refractivity contribution in [2.75, 3.05) is 19.7 Å². The number of rotatable bonds is 3. The van der Waals surface area contributed by atoms with Gasteiger partial charge in [-0.2, -0.15) is 5.26 Å². The zero-order chi connectivity index (χ0) is 18.1. The zero-order valence-electron chi connectivity index (χ0n) is 14.1. The van der Waals surface area contributed by atoms with Crippen molar-refractivity contribution in [3.63, 3.8) is 0 Å². The van der Waals surface area contributed by atoms with E-state index in [0.29, 0.717) is 23.9 Å². The molecule has 7 heteroatoms. The molecular formula is C19H19ClN4O2. The highest BCUT2D eigenvalue weighted by Crippen LogP contribution is 2.30. The molecule has 3 atom stereocenters. The number of nitriles is 1. The fourth-order valence-corrected chi connectivity index (χ4v) is 3.84. The Hall–Kier alpha value is -2.33. The van der Waals surface area contributed by atoms with Crippen LogP contribution in [0.5, 0.6) is 0 Å². The molecular weight excluding hydrogens is 352 g/mol. The Morgan fingerprint density at radius 3 is 2.88 bits per heavy atom. The fraction of sp³-hybridized carbons (Fsp3) is 0.368. The van der Waals surface area contributed by atoms with Crippen LogP contribution in [-0.4, -0.2) is 47.6 Å². The highest BCUT2D eigenvalue weighted by Gasteiger charge is 2.38. The number of halogens is 1. The number of amides is 1. The number of aromatic nitrogens is 1. The van der Waals surface area contributed by atoms with Crippen LogP contribution in [0.1, 0.15) is 34.1 Å². The number of benzene rings is 1. The minimum absolute atomic E-state index is 0.0274. The van der Waals surface area contributed by atoms with Gasteiger partial charge in [-0.25, -0.2) is 0 Å². The van der Waals surface area contributed by atoms with E-state index in [2.05, 4.69) is 15.2 Å². The predicted molar refractivity (Wildman–Crippen MR) is 96.9 cm³/mol. The standard InChI is InChI=1S/C19H19ClN4O2/c20-14-3-1-13(2-4-14)18-10-24-9-15(6-16(24)11-26-18)23-19(25)17-5-12(7-21)8-22-17/h1-5,8,15-16,18,22H,6,9-11H2,(H,23,25)/t15-,16-,18+/m0/s1. The van der Waals surface area contributed by atoms with E-state index in [1.807, 2.05) is 30.3 Å². The average Bonchev–Trinajstić information content (AvgIpc) is 3.28. The quantitative estimate of drug-likeness (QED) is 0.869. The SMILES string of the molecule is N#Cc1c[nH]c(C(=O)N[C@H]2C[C@H]3CO[C@@H](c4ccc(Cl)cc4)CN3C2)c1. The number of morpholine rings is 1. The summed E-state index contributed by atoms with van der Waals surface area (Å²) in [5, 5.41) is 12.6. The summed E-state index contributed by atoms with van der Waals surface area (Å²) in [6, 6.07) is 11.7. The summed E-state index contributed by atoms with van der Waals surface area (Å²) in [6.07, 6.45) is 2.43. The van der Waals surface area contributed by atoms with E-state index in [1.54, 1.807) is 6.07 Å². The minimum atomic E-state index is -0.175. The maximum absolute atomic E-state index is 12.3. The van der Waals surface area contributed by atoms with E-state index in [-0.39, 0.29) is 18.1 Å². The van der Waals surface area contributed by atoms with Gasteiger partial charge in [0.15, 0.2) is 0 Å². The second kappa shape index (κ2) is 7.12. The van der Waals surface area contributed by atoms with Crippen LogP contribution in [0, 0.1) is 11.3 Å². The first-order valence-electron chi connectivity index (χ1n) is 8.63. The molecule has 2 aliphatic heterocycles. The molecule has 0 aliphatic carbocycles. The molecule has 1 amide bonds. The van der Waals surface area contributed by atoms with Crippen LogP contribution >= 0.6 is 11.6 Å². The fourth-order valence-electron chi connectivity index (χ4n) is 3.71. The highest BCUT2D eigenvalue weighted by molar-refractivity contribution is 6.30. The van der Waals surface area contributed by atoms with Crippen LogP contribution in [0.4, 0.5) is 0 Å². The average molecular weight is 371 g/mol. The van der Waals surface area contributed by atoms with E-state index in [1.165, 1.54) is 6.20 Å². The highest BCUT2D eigenvalue weighted by atomic mass is 35.5. The number of fused-ring (bicyclic) bond motifs is 1. The molecule has 2 aromatic rings. The first kappa shape index (κ1) is 17.1. The topological polar surface area (TPSA) is 81.1 Å². The molecule has 2 saturated heterocycles. The lowest BCUT2D eigenvalue weighted by molar-refractivity contribution is -0.0502. The lowest BCUT2D eigenvalue weighted by Crippen LogP contribution is -2.43. The summed E-state index contributed by atoms with van der Waals surface area (Å²) in [5.41, 5.74) is 2.00. The van der Waals surface area contributed by atoms with E-state index in [4.69, 9.17) is 21.6 Å². The van der Waals surface area contributed by atoms with Gasteiger partial charge in [-0.05, 0) is 30.2 Å². The van der Waals surface area contributed by atoms with E-state index in [0.717, 1.165) is 30.1 Å². The Morgan fingerprint density at radius 2 is 2.15 bits per heavy atom. The number of aromatic amines is 1. The molecule has 4 rings (SSSR count). The smallest absolute Gasteiger partial charge is 0.267 e. The Morgan fingerprint density at radius 1 is 1.35 bits per heavy atom. The molecule has 0 radical (unpaired) electrons. The van der Waals surface area contributed by atoms with Crippen molar-refractivity contribution >= 4 is 17.5 Å². The van der Waals surface area contributed by atoms with E-state index < -0.39 is 0 Å². The molecule has 134 valence electrons. The second-order valence-electron chi connectivity index (χ2n) is 6.80. The van der Waals surface area contributed by atoms with Gasteiger partial charge in [0.1, 0.15) is 11.8 Å². The number of nitrogens with one attached hydrogen (secondary N) is 2. The number of carbonyl (C=O) groups is 1. The molecule has 2 fully saturated rings. The van der Waals surface area contributed by atoms with Gasteiger partial charge in [-0.3, -0.25) is 9.69 Å². The van der Waals surface area contributed by atoms with Gasteiger partial charge >= 0.3 is 0 Å². The van der Waals surface area contributed by atoms with Crippen LogP contribution in [-0.2, 0) is 4.74 Å². The van der Waals surface area contributed by atoms with Crippen molar-refractivity contribution in [2.24, 2.45) is 0 Å². The van der Waals surface area contributed by atoms with E-state index in [9.17, 15) is 4.79 Å². The third-order valence-electron chi connectivity index (χ3n) is 5.05. The Labute approximate surface area is 156 Å². The lowest BCUT2D eigenvalue weighted by atomic mass is 10.1. The third-order valence-corrected chi connectivity index (χ3v) is 5.30. The molecule has 0 saturated carbocycles. The summed E-state index contributed by atoms with van der Waals surface area (Å²) < 4.78 is 6.03. The molecule has 2 aliphatic rings. The van der Waals surface area contributed by atoms with Gasteiger partial charge < -0.3 is 15.0 Å². The van der Waals surface area contributed by atoms with Gasteiger partial charge in [0.05, 0.1) is 18.3 Å². The van der Waals surface area contributed by atoms with Crippen LogP contribution in [0.3, 0.4) is 0 Å². The lowest BCUT2D eigenvalue weighted by Gasteiger charge is -2.35. The maximum atomic E-state index is 12.3. The Balaban J connectivity index is 1.36. The van der Waals surface area contributed by atoms with Crippen molar-refractivity contribution in [3.05, 3.63) is 58.4 Å². The van der Waals surface area contributed by atoms with Crippen LogP contribution in [0.25, 0.3) is 0 Å². The van der Waals surface area contributed by atoms with Crippen molar-refractivity contribution in [1.29, 1.82) is 5.26 Å². The largest absolute Gasteiger partial charge is 0.371 e. The number of carbonyl (C=O) groups excluding carboxylic acids is 1. The molecule has 1 aromatic heterocycles. The summed E-state index contributed by atoms with van der Waals surface area (Å²) >= 11 is 5.96. The summed E-state index contributed by atoms with van der Waals surface area (Å²) in [7, 11) is 0. The monoisotopic (exact) mass is 370 g/mol. The van der Waals surface area contributed by atoms with Gasteiger partial charge in [0.2, 0.25) is 0 Å². The summed E-state index contributed by atoms with van der Waals surface area (Å²) in [4.78, 5) is 17.6. The molecule has 0 spiro atoms. The number of ether oxygens (including phenoxy) is 1. The third kappa shape index (κ3) is 3.47. The number of hydrogen-bond donors (Lipinski definition) is 2. The molecule has 6 nitrogen and oxygen atoms in total. The van der Waals surface area contributed by atoms with Crippen molar-refractivity contribution in [1.82, 2.24) is 15.2 Å².